The Bertz CT molecular complexity index is 3210. The number of fused-ring (bicyclic) bond motifs is 9. The summed E-state index contributed by atoms with van der Waals surface area (Å²) in [5, 5.41) is 11.9. The van der Waals surface area contributed by atoms with Crippen LogP contribution in [0.3, 0.4) is 0 Å². The van der Waals surface area contributed by atoms with Crippen LogP contribution in [0.1, 0.15) is 0 Å². The molecule has 0 N–H and O–H groups in total. The smallest absolute Gasteiger partial charge is 0.160 e. The number of nitrogens with zero attached hydrogens (tertiary/aromatic N) is 2. The van der Waals surface area contributed by atoms with Crippen molar-refractivity contribution < 1.29 is 4.42 Å². The van der Waals surface area contributed by atoms with E-state index in [4.69, 9.17) is 14.4 Å². The number of rotatable bonds is 4. The van der Waals surface area contributed by atoms with E-state index in [2.05, 4.69) is 164 Å². The minimum Gasteiger partial charge on any atom is -0.456 e. The van der Waals surface area contributed by atoms with Crippen LogP contribution in [0, 0.1) is 0 Å². The van der Waals surface area contributed by atoms with Gasteiger partial charge in [0.05, 0.1) is 11.4 Å². The van der Waals surface area contributed by atoms with Gasteiger partial charge in [-0.1, -0.05) is 152 Å². The predicted molar refractivity (Wildman–Crippen MR) is 221 cm³/mol. The fourth-order valence-electron chi connectivity index (χ4n) is 8.10. The van der Waals surface area contributed by atoms with Crippen LogP contribution in [-0.2, 0) is 0 Å². The molecule has 0 aliphatic heterocycles. The lowest BCUT2D eigenvalue weighted by Gasteiger charge is -2.15. The highest BCUT2D eigenvalue weighted by atomic mass is 16.3. The summed E-state index contributed by atoms with van der Waals surface area (Å²) in [7, 11) is 0. The van der Waals surface area contributed by atoms with E-state index in [0.717, 1.165) is 61.1 Å². The lowest BCUT2D eigenvalue weighted by atomic mass is 9.91. The van der Waals surface area contributed by atoms with E-state index in [1.807, 2.05) is 18.2 Å². The topological polar surface area (TPSA) is 38.9 Å². The summed E-state index contributed by atoms with van der Waals surface area (Å²) in [5.74, 6) is 0.702. The molecule has 53 heavy (non-hydrogen) atoms. The van der Waals surface area contributed by atoms with Crippen molar-refractivity contribution in [2.24, 2.45) is 0 Å². The zero-order chi connectivity index (χ0) is 34.9. The lowest BCUT2D eigenvalue weighted by molar-refractivity contribution is 0.669. The Morgan fingerprint density at radius 1 is 0.321 bits per heavy atom. The van der Waals surface area contributed by atoms with Gasteiger partial charge in [-0.15, -0.1) is 0 Å². The van der Waals surface area contributed by atoms with Crippen molar-refractivity contribution in [2.45, 2.75) is 0 Å². The first kappa shape index (κ1) is 29.6. The van der Waals surface area contributed by atoms with E-state index < -0.39 is 0 Å². The van der Waals surface area contributed by atoms with Gasteiger partial charge in [0, 0.05) is 27.5 Å². The molecule has 11 aromatic rings. The van der Waals surface area contributed by atoms with Gasteiger partial charge in [-0.05, 0) is 84.5 Å². The number of hydrogen-bond acceptors (Lipinski definition) is 3. The third-order valence-electron chi connectivity index (χ3n) is 10.7. The molecule has 0 bridgehead atoms. The normalized spacial score (nSPS) is 11.8. The molecule has 246 valence electrons. The number of furan rings is 1. The number of benzene rings is 9. The standard InChI is InChI=1S/C50H30N2O/c1-2-12-35(13-3-1)50-51-44(30-45(52-50)48-40-17-9-6-14-37(40)29-42-38-15-7-4-10-32(38)22-25-41(42)48)34-20-18-31(19-21-34)36-24-26-46-43(28-36)49-39-16-8-5-11-33(39)23-27-47(49)53-46/h1-30H. The summed E-state index contributed by atoms with van der Waals surface area (Å²) < 4.78 is 6.28. The average Bonchev–Trinajstić information content (AvgIpc) is 3.61. The van der Waals surface area contributed by atoms with Crippen molar-refractivity contribution in [3.63, 3.8) is 0 Å². The van der Waals surface area contributed by atoms with E-state index in [0.29, 0.717) is 5.82 Å². The summed E-state index contributed by atoms with van der Waals surface area (Å²) in [6.07, 6.45) is 0. The SMILES string of the molecule is c1ccc(-c2nc(-c3ccc(-c4ccc5oc6ccc7ccccc7c6c5c4)cc3)cc(-c3c4ccccc4cc4c3ccc3ccccc34)n2)cc1. The minimum atomic E-state index is 0.702. The Labute approximate surface area is 305 Å². The summed E-state index contributed by atoms with van der Waals surface area (Å²) in [6, 6.07) is 64.5. The maximum Gasteiger partial charge on any atom is 0.160 e. The van der Waals surface area contributed by atoms with E-state index in [9.17, 15) is 0 Å². The zero-order valence-electron chi connectivity index (χ0n) is 28.6. The molecule has 2 aromatic heterocycles. The first-order valence-electron chi connectivity index (χ1n) is 18.0. The summed E-state index contributed by atoms with van der Waals surface area (Å²) in [6.45, 7) is 0. The van der Waals surface area contributed by atoms with Crippen LogP contribution in [0.25, 0.3) is 110 Å². The van der Waals surface area contributed by atoms with Crippen LogP contribution in [-0.4, -0.2) is 9.97 Å². The molecule has 0 unspecified atom stereocenters. The van der Waals surface area contributed by atoms with Crippen molar-refractivity contribution in [1.82, 2.24) is 9.97 Å². The second kappa shape index (κ2) is 11.7. The van der Waals surface area contributed by atoms with Gasteiger partial charge in [0.15, 0.2) is 5.82 Å². The minimum absolute atomic E-state index is 0.702. The molecule has 2 heterocycles. The molecule has 0 fully saturated rings. The molecular weight excluding hydrogens is 645 g/mol. The highest BCUT2D eigenvalue weighted by molar-refractivity contribution is 6.20. The Kier molecular flexibility index (Phi) is 6.55. The third-order valence-corrected chi connectivity index (χ3v) is 10.7. The van der Waals surface area contributed by atoms with Crippen LogP contribution < -0.4 is 0 Å². The van der Waals surface area contributed by atoms with Gasteiger partial charge in [0.2, 0.25) is 0 Å². The van der Waals surface area contributed by atoms with Gasteiger partial charge in [-0.25, -0.2) is 9.97 Å². The summed E-state index contributed by atoms with van der Waals surface area (Å²) in [5.41, 5.74) is 9.00. The maximum atomic E-state index is 6.28. The third kappa shape index (κ3) is 4.82. The predicted octanol–water partition coefficient (Wildman–Crippen LogP) is 13.7. The van der Waals surface area contributed by atoms with E-state index in [1.54, 1.807) is 0 Å². The first-order chi connectivity index (χ1) is 26.2. The van der Waals surface area contributed by atoms with Gasteiger partial charge in [0.1, 0.15) is 11.2 Å². The molecule has 0 spiro atoms. The monoisotopic (exact) mass is 674 g/mol. The zero-order valence-corrected chi connectivity index (χ0v) is 28.6. The van der Waals surface area contributed by atoms with Crippen molar-refractivity contribution in [2.75, 3.05) is 0 Å². The maximum absolute atomic E-state index is 6.28. The van der Waals surface area contributed by atoms with Gasteiger partial charge >= 0.3 is 0 Å². The number of hydrogen-bond donors (Lipinski definition) is 0. The second-order valence-electron chi connectivity index (χ2n) is 13.7. The fourth-order valence-corrected chi connectivity index (χ4v) is 8.10. The number of aromatic nitrogens is 2. The van der Waals surface area contributed by atoms with Gasteiger partial charge < -0.3 is 4.42 Å². The van der Waals surface area contributed by atoms with Crippen molar-refractivity contribution in [1.29, 1.82) is 0 Å². The summed E-state index contributed by atoms with van der Waals surface area (Å²) in [4.78, 5) is 10.5. The van der Waals surface area contributed by atoms with Crippen LogP contribution in [0.4, 0.5) is 0 Å². The van der Waals surface area contributed by atoms with E-state index in [1.165, 1.54) is 43.1 Å². The molecule has 0 aliphatic carbocycles. The molecule has 11 rings (SSSR count). The lowest BCUT2D eigenvalue weighted by Crippen LogP contribution is -1.97. The van der Waals surface area contributed by atoms with Crippen molar-refractivity contribution in [3.05, 3.63) is 182 Å². The molecule has 0 saturated heterocycles. The molecule has 0 radical (unpaired) electrons. The highest BCUT2D eigenvalue weighted by Crippen LogP contribution is 2.41. The second-order valence-corrected chi connectivity index (χ2v) is 13.7. The Morgan fingerprint density at radius 3 is 1.77 bits per heavy atom. The molecule has 3 heteroatoms. The Morgan fingerprint density at radius 2 is 0.943 bits per heavy atom. The van der Waals surface area contributed by atoms with Crippen LogP contribution >= 0.6 is 0 Å². The molecule has 9 aromatic carbocycles. The van der Waals surface area contributed by atoms with Crippen LogP contribution in [0.15, 0.2) is 186 Å². The largest absolute Gasteiger partial charge is 0.456 e. The Balaban J connectivity index is 1.08. The molecule has 0 aliphatic rings. The van der Waals surface area contributed by atoms with E-state index >= 15 is 0 Å². The summed E-state index contributed by atoms with van der Waals surface area (Å²) >= 11 is 0. The fraction of sp³-hybridized carbons (Fsp3) is 0. The molecular formula is C50H30N2O. The van der Waals surface area contributed by atoms with E-state index in [-0.39, 0.29) is 0 Å². The molecule has 0 saturated carbocycles. The van der Waals surface area contributed by atoms with Crippen molar-refractivity contribution >= 4 is 65.0 Å². The first-order valence-corrected chi connectivity index (χ1v) is 18.0. The highest BCUT2D eigenvalue weighted by Gasteiger charge is 2.17. The molecule has 0 atom stereocenters. The average molecular weight is 675 g/mol. The molecule has 0 amide bonds. The Hall–Kier alpha value is -7.10. The van der Waals surface area contributed by atoms with Gasteiger partial charge in [-0.3, -0.25) is 0 Å². The van der Waals surface area contributed by atoms with Crippen molar-refractivity contribution in [3.8, 4) is 45.0 Å². The van der Waals surface area contributed by atoms with Gasteiger partial charge in [0.25, 0.3) is 0 Å². The quantitative estimate of drug-likeness (QED) is 0.138. The molecule has 3 nitrogen and oxygen atoms in total. The van der Waals surface area contributed by atoms with Crippen LogP contribution in [0.5, 0.6) is 0 Å². The van der Waals surface area contributed by atoms with Gasteiger partial charge in [-0.2, -0.15) is 0 Å². The van der Waals surface area contributed by atoms with Crippen LogP contribution in [0.2, 0.25) is 0 Å².